The average molecular weight is 699 g/mol. The average Bonchev–Trinajstić information content (AvgIpc) is 3.08. The number of ether oxygens (including phenoxy) is 4. The van der Waals surface area contributed by atoms with Crippen LogP contribution in [0.4, 0.5) is 17.6 Å². The van der Waals surface area contributed by atoms with Crippen molar-refractivity contribution in [3.8, 4) is 11.5 Å². The van der Waals surface area contributed by atoms with E-state index in [9.17, 15) is 27.2 Å². The Kier molecular flexibility index (Phi) is 15.6. The van der Waals surface area contributed by atoms with Crippen molar-refractivity contribution in [2.45, 2.75) is 90.3 Å². The molecule has 3 aromatic carbocycles. The van der Waals surface area contributed by atoms with Crippen molar-refractivity contribution in [2.75, 3.05) is 13.2 Å². The molecular weight excluding hydrogens is 652 g/mol. The van der Waals surface area contributed by atoms with Crippen molar-refractivity contribution < 1.29 is 46.1 Å². The minimum absolute atomic E-state index is 0.207. The Morgan fingerprint density at radius 1 is 0.520 bits per heavy atom. The number of carbonyl (C=O) groups is 2. The molecule has 6 nitrogen and oxygen atoms in total. The number of alkyl halides is 4. The minimum Gasteiger partial charge on any atom is -0.462 e. The highest BCUT2D eigenvalue weighted by atomic mass is 19.3. The van der Waals surface area contributed by atoms with Crippen LogP contribution in [0.1, 0.15) is 87.5 Å². The topological polar surface area (TPSA) is 71.1 Å². The SMILES string of the molecule is C=C(C)C(=O)OCCCCCCc1ccc(C(F)(F)Oc2ccc(OC(F)(F)c3ccc(CCCCCCOC(=O)C(=C)C)cc3)cc2)cc1. The first-order valence-electron chi connectivity index (χ1n) is 16.8. The van der Waals surface area contributed by atoms with Crippen molar-refractivity contribution in [3.63, 3.8) is 0 Å². The van der Waals surface area contributed by atoms with Gasteiger partial charge in [-0.3, -0.25) is 0 Å². The molecule has 3 rings (SSSR count). The Labute approximate surface area is 292 Å². The van der Waals surface area contributed by atoms with Gasteiger partial charge >= 0.3 is 24.2 Å². The molecular formula is C40H46F4O6. The van der Waals surface area contributed by atoms with Crippen LogP contribution in [0.15, 0.2) is 97.1 Å². The number of unbranched alkanes of at least 4 members (excludes halogenated alkanes) is 6. The van der Waals surface area contributed by atoms with Crippen LogP contribution in [0, 0.1) is 0 Å². The largest absolute Gasteiger partial charge is 0.462 e. The van der Waals surface area contributed by atoms with Crippen molar-refractivity contribution >= 4 is 11.9 Å². The molecule has 3 aromatic rings. The molecule has 0 aliphatic rings. The Hall–Kier alpha value is -4.60. The second kappa shape index (κ2) is 19.6. The smallest absolute Gasteiger partial charge is 0.426 e. The lowest BCUT2D eigenvalue weighted by atomic mass is 10.0. The number of benzene rings is 3. The molecule has 50 heavy (non-hydrogen) atoms. The lowest BCUT2D eigenvalue weighted by Crippen LogP contribution is -2.22. The van der Waals surface area contributed by atoms with Crippen LogP contribution in [-0.2, 0) is 44.1 Å². The van der Waals surface area contributed by atoms with Crippen LogP contribution in [0.2, 0.25) is 0 Å². The lowest BCUT2D eigenvalue weighted by molar-refractivity contribution is -0.188. The first-order valence-corrected chi connectivity index (χ1v) is 16.8. The van der Waals surface area contributed by atoms with E-state index in [1.54, 1.807) is 38.1 Å². The molecule has 0 atom stereocenters. The normalized spacial score (nSPS) is 11.5. The van der Waals surface area contributed by atoms with Crippen LogP contribution in [-0.4, -0.2) is 25.2 Å². The molecule has 10 heteroatoms. The van der Waals surface area contributed by atoms with Gasteiger partial charge in [0.25, 0.3) is 0 Å². The van der Waals surface area contributed by atoms with Crippen molar-refractivity contribution in [1.29, 1.82) is 0 Å². The first kappa shape index (κ1) is 39.8. The summed E-state index contributed by atoms with van der Waals surface area (Å²) in [5.41, 5.74) is 1.88. The predicted molar refractivity (Wildman–Crippen MR) is 184 cm³/mol. The molecule has 0 saturated carbocycles. The first-order chi connectivity index (χ1) is 23.8. The van der Waals surface area contributed by atoms with Gasteiger partial charge in [0, 0.05) is 11.1 Å². The molecule has 0 spiro atoms. The maximum absolute atomic E-state index is 14.9. The Morgan fingerprint density at radius 3 is 1.16 bits per heavy atom. The van der Waals surface area contributed by atoms with E-state index in [2.05, 4.69) is 13.2 Å². The van der Waals surface area contributed by atoms with Crippen molar-refractivity contribution in [3.05, 3.63) is 119 Å². The summed E-state index contributed by atoms with van der Waals surface area (Å²) in [6.45, 7) is 11.0. The second-order valence-corrected chi connectivity index (χ2v) is 12.3. The molecule has 0 aliphatic heterocycles. The maximum atomic E-state index is 14.9. The van der Waals surface area contributed by atoms with E-state index in [1.165, 1.54) is 24.3 Å². The molecule has 0 heterocycles. The number of carbonyl (C=O) groups excluding carboxylic acids is 2. The molecule has 0 fully saturated rings. The van der Waals surface area contributed by atoms with E-state index >= 15 is 0 Å². The Morgan fingerprint density at radius 2 is 0.840 bits per heavy atom. The summed E-state index contributed by atoms with van der Waals surface area (Å²) in [6.07, 6.45) is 0.922. The van der Waals surface area contributed by atoms with Crippen LogP contribution in [0.3, 0.4) is 0 Å². The zero-order valence-electron chi connectivity index (χ0n) is 28.8. The fraction of sp³-hybridized carbons (Fsp3) is 0.400. The number of rotatable bonds is 22. The van der Waals surface area contributed by atoms with Crippen molar-refractivity contribution in [1.82, 2.24) is 0 Å². The van der Waals surface area contributed by atoms with Crippen LogP contribution < -0.4 is 9.47 Å². The lowest BCUT2D eigenvalue weighted by Gasteiger charge is -2.20. The predicted octanol–water partition coefficient (Wildman–Crippen LogP) is 10.4. The molecule has 0 radical (unpaired) electrons. The standard InChI is InChI=1S/C40H46F4O6/c1-29(2)37(45)47-27-11-7-5-9-13-31-15-19-33(20-16-31)39(41,42)49-35-23-25-36(26-24-35)50-40(43,44)34-21-17-32(18-22-34)14-10-6-8-12-28-48-38(46)30(3)4/h15-26H,1,3,5-14,27-28H2,2,4H3. The molecule has 0 aromatic heterocycles. The summed E-state index contributed by atoms with van der Waals surface area (Å²) in [5.74, 6) is -1.20. The van der Waals surface area contributed by atoms with Gasteiger partial charge in [-0.1, -0.05) is 63.1 Å². The van der Waals surface area contributed by atoms with E-state index in [0.29, 0.717) is 37.2 Å². The van der Waals surface area contributed by atoms with Crippen LogP contribution in [0.5, 0.6) is 11.5 Å². The van der Waals surface area contributed by atoms with Gasteiger partial charge in [0.15, 0.2) is 0 Å². The summed E-state index contributed by atoms with van der Waals surface area (Å²) < 4.78 is 79.5. The molecule has 0 aliphatic carbocycles. The Balaban J connectivity index is 1.40. The van der Waals surface area contributed by atoms with E-state index in [0.717, 1.165) is 86.8 Å². The molecule has 0 saturated heterocycles. The number of halogens is 4. The van der Waals surface area contributed by atoms with Gasteiger partial charge in [-0.2, -0.15) is 17.6 Å². The zero-order chi connectivity index (χ0) is 36.6. The molecule has 0 amide bonds. The quantitative estimate of drug-likeness (QED) is 0.0450. The van der Waals surface area contributed by atoms with Gasteiger partial charge < -0.3 is 18.9 Å². The molecule has 0 unspecified atom stereocenters. The van der Waals surface area contributed by atoms with E-state index in [-0.39, 0.29) is 22.6 Å². The van der Waals surface area contributed by atoms with Gasteiger partial charge in [0.05, 0.1) is 24.3 Å². The fourth-order valence-electron chi connectivity index (χ4n) is 4.87. The summed E-state index contributed by atoms with van der Waals surface area (Å²) in [5, 5.41) is 0. The summed E-state index contributed by atoms with van der Waals surface area (Å²) in [7, 11) is 0. The van der Waals surface area contributed by atoms with Gasteiger partial charge in [-0.25, -0.2) is 9.59 Å². The molecule has 0 bridgehead atoms. The van der Waals surface area contributed by atoms with Gasteiger partial charge in [-0.15, -0.1) is 0 Å². The van der Waals surface area contributed by atoms with Gasteiger partial charge in [0.2, 0.25) is 0 Å². The number of hydrogen-bond donors (Lipinski definition) is 0. The molecule has 270 valence electrons. The summed E-state index contributed by atoms with van der Waals surface area (Å²) in [6, 6.07) is 16.4. The third-order valence-corrected chi connectivity index (χ3v) is 7.78. The van der Waals surface area contributed by atoms with Crippen molar-refractivity contribution in [2.24, 2.45) is 0 Å². The summed E-state index contributed by atoms with van der Waals surface area (Å²) in [4.78, 5) is 22.7. The monoisotopic (exact) mass is 698 g/mol. The van der Waals surface area contributed by atoms with Crippen LogP contribution >= 0.6 is 0 Å². The van der Waals surface area contributed by atoms with E-state index in [4.69, 9.17) is 18.9 Å². The third kappa shape index (κ3) is 13.7. The van der Waals surface area contributed by atoms with E-state index in [1.807, 2.05) is 0 Å². The zero-order valence-corrected chi connectivity index (χ0v) is 28.8. The summed E-state index contributed by atoms with van der Waals surface area (Å²) >= 11 is 0. The highest BCUT2D eigenvalue weighted by Gasteiger charge is 2.36. The van der Waals surface area contributed by atoms with Crippen LogP contribution in [0.25, 0.3) is 0 Å². The third-order valence-electron chi connectivity index (χ3n) is 7.78. The highest BCUT2D eigenvalue weighted by Crippen LogP contribution is 2.35. The van der Waals surface area contributed by atoms with Gasteiger partial charge in [0.1, 0.15) is 11.5 Å². The maximum Gasteiger partial charge on any atom is 0.426 e. The minimum atomic E-state index is -3.65. The van der Waals surface area contributed by atoms with Gasteiger partial charge in [-0.05, 0) is 112 Å². The highest BCUT2D eigenvalue weighted by molar-refractivity contribution is 5.87. The number of esters is 2. The Bertz CT molecular complexity index is 1420. The van der Waals surface area contributed by atoms with E-state index < -0.39 is 24.2 Å². The number of aryl methyl sites for hydroxylation is 2. The number of hydrogen-bond acceptors (Lipinski definition) is 6. The fourth-order valence-corrected chi connectivity index (χ4v) is 4.87. The molecule has 0 N–H and O–H groups in total. The second-order valence-electron chi connectivity index (χ2n) is 12.3.